The topological polar surface area (TPSA) is 78.9 Å². The number of rotatable bonds is 5. The van der Waals surface area contributed by atoms with Crippen LogP contribution in [0.3, 0.4) is 0 Å². The van der Waals surface area contributed by atoms with Crippen molar-refractivity contribution in [3.8, 4) is 5.75 Å². The minimum atomic E-state index is -3.69. The first-order chi connectivity index (χ1) is 16.1. The van der Waals surface area contributed by atoms with Crippen molar-refractivity contribution in [1.29, 1.82) is 0 Å². The summed E-state index contributed by atoms with van der Waals surface area (Å²) < 4.78 is 34.2. The Bertz CT molecular complexity index is 1120. The lowest BCUT2D eigenvalue weighted by molar-refractivity contribution is 0.372. The molecule has 2 aromatic rings. The fourth-order valence-corrected chi connectivity index (χ4v) is 6.18. The maximum absolute atomic E-state index is 13.6. The van der Waals surface area contributed by atoms with Crippen molar-refractivity contribution in [2.24, 2.45) is 0 Å². The van der Waals surface area contributed by atoms with E-state index in [4.69, 9.17) is 9.72 Å². The highest BCUT2D eigenvalue weighted by Gasteiger charge is 2.33. The second-order valence-corrected chi connectivity index (χ2v) is 12.1. The van der Waals surface area contributed by atoms with Crippen molar-refractivity contribution < 1.29 is 13.2 Å². The summed E-state index contributed by atoms with van der Waals surface area (Å²) in [4.78, 5) is 14.2. The van der Waals surface area contributed by atoms with E-state index in [1.165, 1.54) is 26.4 Å². The number of aromatic nitrogens is 2. The second kappa shape index (κ2) is 9.70. The summed E-state index contributed by atoms with van der Waals surface area (Å²) in [6, 6.07) is 7.50. The Morgan fingerprint density at radius 1 is 0.882 bits per heavy atom. The van der Waals surface area contributed by atoms with Crippen molar-refractivity contribution in [1.82, 2.24) is 14.3 Å². The number of sulfonamides is 1. The van der Waals surface area contributed by atoms with Gasteiger partial charge in [0.05, 0.1) is 7.11 Å². The van der Waals surface area contributed by atoms with Gasteiger partial charge in [0.15, 0.2) is 0 Å². The number of hydrogen-bond acceptors (Lipinski definition) is 7. The van der Waals surface area contributed by atoms with Gasteiger partial charge in [-0.3, -0.25) is 0 Å². The van der Waals surface area contributed by atoms with E-state index < -0.39 is 10.0 Å². The molecule has 4 rings (SSSR count). The standard InChI is InChI=1S/C25H37N5O3S/c1-19-17-23(28-11-7-6-8-12-28)27-24(26-19)29-13-15-30(16-14-29)34(31,32)22-18-20(25(2,3)4)9-10-21(22)33-5/h9-10,17-18H,6-8,11-16H2,1-5H3. The Morgan fingerprint density at radius 3 is 2.18 bits per heavy atom. The van der Waals surface area contributed by atoms with Gasteiger partial charge in [-0.25, -0.2) is 13.4 Å². The van der Waals surface area contributed by atoms with E-state index in [0.29, 0.717) is 37.9 Å². The highest BCUT2D eigenvalue weighted by molar-refractivity contribution is 7.89. The molecular weight excluding hydrogens is 450 g/mol. The van der Waals surface area contributed by atoms with Crippen LogP contribution in [0.4, 0.5) is 11.8 Å². The molecule has 0 spiro atoms. The normalized spacial score (nSPS) is 18.3. The SMILES string of the molecule is COc1ccc(C(C)(C)C)cc1S(=O)(=O)N1CCN(c2nc(C)cc(N3CCCCC3)n2)CC1. The number of benzene rings is 1. The molecule has 9 heteroatoms. The number of aryl methyl sites for hydroxylation is 1. The highest BCUT2D eigenvalue weighted by atomic mass is 32.2. The molecule has 2 fully saturated rings. The van der Waals surface area contributed by atoms with Gasteiger partial charge in [0, 0.05) is 51.0 Å². The molecule has 2 aliphatic rings. The third-order valence-electron chi connectivity index (χ3n) is 6.68. The number of methoxy groups -OCH3 is 1. The van der Waals surface area contributed by atoms with Crippen LogP contribution in [0.5, 0.6) is 5.75 Å². The molecule has 2 aliphatic heterocycles. The summed E-state index contributed by atoms with van der Waals surface area (Å²) in [7, 11) is -2.18. The molecule has 0 unspecified atom stereocenters. The smallest absolute Gasteiger partial charge is 0.246 e. The molecule has 3 heterocycles. The molecule has 2 saturated heterocycles. The summed E-state index contributed by atoms with van der Waals surface area (Å²) in [5.74, 6) is 2.04. The molecule has 0 radical (unpaired) electrons. The number of ether oxygens (including phenoxy) is 1. The number of hydrogen-bond donors (Lipinski definition) is 0. The second-order valence-electron chi connectivity index (χ2n) is 10.2. The molecule has 186 valence electrons. The van der Waals surface area contributed by atoms with E-state index in [1.807, 2.05) is 19.1 Å². The van der Waals surface area contributed by atoms with Crippen LogP contribution >= 0.6 is 0 Å². The molecule has 1 aromatic heterocycles. The Morgan fingerprint density at radius 2 is 1.56 bits per heavy atom. The van der Waals surface area contributed by atoms with Gasteiger partial charge in [-0.1, -0.05) is 26.8 Å². The van der Waals surface area contributed by atoms with Crippen LogP contribution in [0.15, 0.2) is 29.2 Å². The van der Waals surface area contributed by atoms with E-state index in [-0.39, 0.29) is 10.3 Å². The van der Waals surface area contributed by atoms with Gasteiger partial charge in [-0.2, -0.15) is 9.29 Å². The van der Waals surface area contributed by atoms with Crippen LogP contribution in [-0.4, -0.2) is 69.1 Å². The lowest BCUT2D eigenvalue weighted by atomic mass is 9.87. The first-order valence-corrected chi connectivity index (χ1v) is 13.6. The number of nitrogens with zero attached hydrogens (tertiary/aromatic N) is 5. The molecule has 0 N–H and O–H groups in total. The first kappa shape index (κ1) is 24.7. The van der Waals surface area contributed by atoms with Crippen molar-refractivity contribution in [3.63, 3.8) is 0 Å². The van der Waals surface area contributed by atoms with Crippen LogP contribution in [0.1, 0.15) is 51.3 Å². The van der Waals surface area contributed by atoms with Crippen molar-refractivity contribution in [2.45, 2.75) is 57.3 Å². The summed E-state index contributed by atoms with van der Waals surface area (Å²) in [5.41, 5.74) is 1.73. The first-order valence-electron chi connectivity index (χ1n) is 12.1. The Kier molecular flexibility index (Phi) is 7.05. The van der Waals surface area contributed by atoms with Crippen LogP contribution in [0, 0.1) is 6.92 Å². The Balaban J connectivity index is 1.52. The zero-order valence-electron chi connectivity index (χ0n) is 21.0. The predicted molar refractivity (Wildman–Crippen MR) is 135 cm³/mol. The molecular formula is C25H37N5O3S. The molecule has 34 heavy (non-hydrogen) atoms. The third-order valence-corrected chi connectivity index (χ3v) is 8.60. The molecule has 0 aliphatic carbocycles. The van der Waals surface area contributed by atoms with Crippen LogP contribution in [-0.2, 0) is 15.4 Å². The van der Waals surface area contributed by atoms with Gasteiger partial charge in [-0.05, 0) is 49.3 Å². The van der Waals surface area contributed by atoms with Crippen LogP contribution in [0.2, 0.25) is 0 Å². The largest absolute Gasteiger partial charge is 0.495 e. The van der Waals surface area contributed by atoms with Crippen LogP contribution < -0.4 is 14.5 Å². The fourth-order valence-electron chi connectivity index (χ4n) is 4.58. The number of anilines is 2. The van der Waals surface area contributed by atoms with Crippen molar-refractivity contribution in [3.05, 3.63) is 35.5 Å². The molecule has 0 bridgehead atoms. The molecule has 0 saturated carbocycles. The van der Waals surface area contributed by atoms with Gasteiger partial charge in [0.2, 0.25) is 16.0 Å². The lowest BCUT2D eigenvalue weighted by Gasteiger charge is -2.35. The Hall–Kier alpha value is -2.39. The molecule has 0 amide bonds. The minimum Gasteiger partial charge on any atom is -0.495 e. The van der Waals surface area contributed by atoms with Gasteiger partial charge in [0.1, 0.15) is 16.5 Å². The van der Waals surface area contributed by atoms with E-state index in [1.54, 1.807) is 16.4 Å². The van der Waals surface area contributed by atoms with Crippen LogP contribution in [0.25, 0.3) is 0 Å². The maximum atomic E-state index is 13.6. The minimum absolute atomic E-state index is 0.163. The summed E-state index contributed by atoms with van der Waals surface area (Å²) in [6.07, 6.45) is 3.65. The predicted octanol–water partition coefficient (Wildman–Crippen LogP) is 3.59. The van der Waals surface area contributed by atoms with E-state index >= 15 is 0 Å². The molecule has 1 aromatic carbocycles. The number of piperidine rings is 1. The third kappa shape index (κ3) is 5.15. The van der Waals surface area contributed by atoms with Crippen molar-refractivity contribution in [2.75, 3.05) is 56.2 Å². The monoisotopic (exact) mass is 487 g/mol. The van der Waals surface area contributed by atoms with E-state index in [9.17, 15) is 8.42 Å². The van der Waals surface area contributed by atoms with Crippen molar-refractivity contribution >= 4 is 21.8 Å². The zero-order chi connectivity index (χ0) is 24.5. The van der Waals surface area contributed by atoms with Gasteiger partial charge in [-0.15, -0.1) is 0 Å². The zero-order valence-corrected chi connectivity index (χ0v) is 21.9. The lowest BCUT2D eigenvalue weighted by Crippen LogP contribution is -2.49. The van der Waals surface area contributed by atoms with E-state index in [2.05, 4.69) is 35.6 Å². The quantitative estimate of drug-likeness (QED) is 0.638. The number of piperazine rings is 1. The highest BCUT2D eigenvalue weighted by Crippen LogP contribution is 2.33. The summed E-state index contributed by atoms with van der Waals surface area (Å²) in [5, 5.41) is 0. The van der Waals surface area contributed by atoms with Gasteiger partial charge >= 0.3 is 0 Å². The van der Waals surface area contributed by atoms with Gasteiger partial charge < -0.3 is 14.5 Å². The molecule has 8 nitrogen and oxygen atoms in total. The average Bonchev–Trinajstić information content (AvgIpc) is 2.83. The van der Waals surface area contributed by atoms with Gasteiger partial charge in [0.25, 0.3) is 0 Å². The summed E-state index contributed by atoms with van der Waals surface area (Å²) >= 11 is 0. The molecule has 0 atom stereocenters. The Labute approximate surface area is 204 Å². The summed E-state index contributed by atoms with van der Waals surface area (Å²) in [6.45, 7) is 12.1. The maximum Gasteiger partial charge on any atom is 0.246 e. The van der Waals surface area contributed by atoms with E-state index in [0.717, 1.165) is 30.2 Å². The fraction of sp³-hybridized carbons (Fsp3) is 0.600. The average molecular weight is 488 g/mol.